The minimum absolute atomic E-state index is 0.101. The van der Waals surface area contributed by atoms with Gasteiger partial charge in [-0.1, -0.05) is 58.0 Å². The van der Waals surface area contributed by atoms with E-state index in [1.165, 1.54) is 0 Å². The van der Waals surface area contributed by atoms with Crippen LogP contribution in [0.4, 0.5) is 0 Å². The van der Waals surface area contributed by atoms with Crippen molar-refractivity contribution in [2.24, 2.45) is 17.3 Å². The van der Waals surface area contributed by atoms with E-state index in [2.05, 4.69) is 27.7 Å². The van der Waals surface area contributed by atoms with Gasteiger partial charge in [-0.15, -0.1) is 0 Å². The molecule has 0 aromatic heterocycles. The van der Waals surface area contributed by atoms with Crippen LogP contribution in [0.2, 0.25) is 0 Å². The second kappa shape index (κ2) is 6.03. The summed E-state index contributed by atoms with van der Waals surface area (Å²) in [4.78, 5) is 12.3. The summed E-state index contributed by atoms with van der Waals surface area (Å²) < 4.78 is 5.48. The first-order chi connectivity index (χ1) is 8.39. The molecular weight excluding hydrogens is 224 g/mol. The molecule has 0 amide bonds. The summed E-state index contributed by atoms with van der Waals surface area (Å²) in [5.41, 5.74) is 0.607. The fourth-order valence-corrected chi connectivity index (χ4v) is 2.02. The number of carbonyl (C=O) groups excluding carboxylic acids is 1. The molecule has 18 heavy (non-hydrogen) atoms. The SMILES string of the molecule is CC(C)C(C)(C(=O)OCc1ccccc1)C(C)C. The lowest BCUT2D eigenvalue weighted by atomic mass is 9.70. The number of hydrogen-bond acceptors (Lipinski definition) is 2. The third kappa shape index (κ3) is 3.12. The van der Waals surface area contributed by atoms with Gasteiger partial charge in [-0.3, -0.25) is 4.79 Å². The van der Waals surface area contributed by atoms with Gasteiger partial charge in [0.2, 0.25) is 0 Å². The first-order valence-electron chi connectivity index (χ1n) is 6.60. The van der Waals surface area contributed by atoms with Crippen LogP contribution in [-0.4, -0.2) is 5.97 Å². The van der Waals surface area contributed by atoms with E-state index in [0.29, 0.717) is 6.61 Å². The summed E-state index contributed by atoms with van der Waals surface area (Å²) in [5.74, 6) is 0.429. The van der Waals surface area contributed by atoms with Crippen LogP contribution in [-0.2, 0) is 16.1 Å². The molecule has 100 valence electrons. The molecule has 0 aliphatic carbocycles. The van der Waals surface area contributed by atoms with Gasteiger partial charge in [-0.25, -0.2) is 0 Å². The van der Waals surface area contributed by atoms with Gasteiger partial charge in [0.05, 0.1) is 5.41 Å². The number of ether oxygens (including phenoxy) is 1. The molecule has 0 unspecified atom stereocenters. The standard InChI is InChI=1S/C16H24O2/c1-12(2)16(5,13(3)4)15(17)18-11-14-9-7-6-8-10-14/h6-10,12-13H,11H2,1-5H3. The second-order valence-electron chi connectivity index (χ2n) is 5.65. The average Bonchev–Trinajstić information content (AvgIpc) is 2.35. The molecule has 0 bridgehead atoms. The Kier molecular flexibility index (Phi) is 4.94. The zero-order chi connectivity index (χ0) is 13.8. The lowest BCUT2D eigenvalue weighted by molar-refractivity contribution is -0.162. The van der Waals surface area contributed by atoms with Crippen LogP contribution < -0.4 is 0 Å². The second-order valence-corrected chi connectivity index (χ2v) is 5.65. The first-order valence-corrected chi connectivity index (χ1v) is 6.60. The Hall–Kier alpha value is -1.31. The zero-order valence-corrected chi connectivity index (χ0v) is 12.1. The van der Waals surface area contributed by atoms with Gasteiger partial charge in [0, 0.05) is 0 Å². The minimum atomic E-state index is -0.422. The van der Waals surface area contributed by atoms with Crippen molar-refractivity contribution in [1.29, 1.82) is 0 Å². The van der Waals surface area contributed by atoms with E-state index in [1.807, 2.05) is 37.3 Å². The highest BCUT2D eigenvalue weighted by atomic mass is 16.5. The van der Waals surface area contributed by atoms with Crippen molar-refractivity contribution in [3.63, 3.8) is 0 Å². The fourth-order valence-electron chi connectivity index (χ4n) is 2.02. The van der Waals surface area contributed by atoms with Gasteiger partial charge in [0.25, 0.3) is 0 Å². The Morgan fingerprint density at radius 2 is 1.61 bits per heavy atom. The first kappa shape index (κ1) is 14.7. The molecule has 0 heterocycles. The topological polar surface area (TPSA) is 26.3 Å². The van der Waals surface area contributed by atoms with E-state index in [9.17, 15) is 4.79 Å². The molecule has 0 spiro atoms. The summed E-state index contributed by atoms with van der Waals surface area (Å²) in [6.45, 7) is 10.6. The molecular formula is C16H24O2. The van der Waals surface area contributed by atoms with Gasteiger partial charge in [-0.2, -0.15) is 0 Å². The highest BCUT2D eigenvalue weighted by molar-refractivity contribution is 5.77. The van der Waals surface area contributed by atoms with E-state index in [0.717, 1.165) is 5.56 Å². The van der Waals surface area contributed by atoms with Crippen LogP contribution >= 0.6 is 0 Å². The molecule has 0 aliphatic rings. The highest BCUT2D eigenvalue weighted by Crippen LogP contribution is 2.36. The molecule has 1 aromatic rings. The van der Waals surface area contributed by atoms with Gasteiger partial charge in [0.15, 0.2) is 0 Å². The molecule has 0 aliphatic heterocycles. The van der Waals surface area contributed by atoms with Crippen LogP contribution in [0, 0.1) is 17.3 Å². The Morgan fingerprint density at radius 1 is 1.11 bits per heavy atom. The van der Waals surface area contributed by atoms with Crippen molar-refractivity contribution in [1.82, 2.24) is 0 Å². The molecule has 0 saturated heterocycles. The summed E-state index contributed by atoms with van der Waals surface area (Å²) in [7, 11) is 0. The van der Waals surface area contributed by atoms with Gasteiger partial charge in [0.1, 0.15) is 6.61 Å². The molecule has 1 aromatic carbocycles. The molecule has 0 radical (unpaired) electrons. The number of benzene rings is 1. The molecule has 0 atom stereocenters. The Morgan fingerprint density at radius 3 is 2.06 bits per heavy atom. The van der Waals surface area contributed by atoms with Crippen molar-refractivity contribution in [2.45, 2.75) is 41.2 Å². The highest BCUT2D eigenvalue weighted by Gasteiger charge is 2.41. The largest absolute Gasteiger partial charge is 0.460 e. The lowest BCUT2D eigenvalue weighted by Crippen LogP contribution is -2.39. The van der Waals surface area contributed by atoms with Crippen molar-refractivity contribution in [2.75, 3.05) is 0 Å². The third-order valence-electron chi connectivity index (χ3n) is 4.05. The molecule has 0 N–H and O–H groups in total. The van der Waals surface area contributed by atoms with E-state index in [-0.39, 0.29) is 17.8 Å². The maximum Gasteiger partial charge on any atom is 0.312 e. The smallest absolute Gasteiger partial charge is 0.312 e. The third-order valence-corrected chi connectivity index (χ3v) is 4.05. The predicted octanol–water partition coefficient (Wildman–Crippen LogP) is 4.05. The van der Waals surface area contributed by atoms with E-state index in [1.54, 1.807) is 0 Å². The van der Waals surface area contributed by atoms with Crippen LogP contribution in [0.3, 0.4) is 0 Å². The summed E-state index contributed by atoms with van der Waals surface area (Å²) in [6, 6.07) is 9.79. The molecule has 1 rings (SSSR count). The number of hydrogen-bond donors (Lipinski definition) is 0. The van der Waals surface area contributed by atoms with Crippen molar-refractivity contribution < 1.29 is 9.53 Å². The van der Waals surface area contributed by atoms with Crippen molar-refractivity contribution in [3.8, 4) is 0 Å². The summed E-state index contributed by atoms with van der Waals surface area (Å²) in [5, 5.41) is 0. The molecule has 0 saturated carbocycles. The normalized spacial score (nSPS) is 11.9. The van der Waals surface area contributed by atoms with E-state index in [4.69, 9.17) is 4.74 Å². The molecule has 0 fully saturated rings. The quantitative estimate of drug-likeness (QED) is 0.735. The summed E-state index contributed by atoms with van der Waals surface area (Å²) >= 11 is 0. The predicted molar refractivity (Wildman–Crippen MR) is 74.0 cm³/mol. The van der Waals surface area contributed by atoms with E-state index < -0.39 is 5.41 Å². The van der Waals surface area contributed by atoms with Crippen LogP contribution in [0.1, 0.15) is 40.2 Å². The summed E-state index contributed by atoms with van der Waals surface area (Å²) in [6.07, 6.45) is 0. The molecule has 2 nitrogen and oxygen atoms in total. The fraction of sp³-hybridized carbons (Fsp3) is 0.562. The number of carbonyl (C=O) groups is 1. The van der Waals surface area contributed by atoms with Gasteiger partial charge >= 0.3 is 5.97 Å². The van der Waals surface area contributed by atoms with Gasteiger partial charge in [-0.05, 0) is 24.3 Å². The number of rotatable bonds is 5. The zero-order valence-electron chi connectivity index (χ0n) is 12.1. The van der Waals surface area contributed by atoms with E-state index >= 15 is 0 Å². The minimum Gasteiger partial charge on any atom is -0.460 e. The van der Waals surface area contributed by atoms with Crippen LogP contribution in [0.15, 0.2) is 30.3 Å². The van der Waals surface area contributed by atoms with Crippen LogP contribution in [0.5, 0.6) is 0 Å². The maximum absolute atomic E-state index is 12.3. The number of esters is 1. The molecule has 2 heteroatoms. The van der Waals surface area contributed by atoms with Gasteiger partial charge < -0.3 is 4.74 Å². The van der Waals surface area contributed by atoms with Crippen molar-refractivity contribution in [3.05, 3.63) is 35.9 Å². The van der Waals surface area contributed by atoms with Crippen molar-refractivity contribution >= 4 is 5.97 Å². The Balaban J connectivity index is 2.69. The lowest BCUT2D eigenvalue weighted by Gasteiger charge is -2.35. The monoisotopic (exact) mass is 248 g/mol. The average molecular weight is 248 g/mol. The maximum atomic E-state index is 12.3. The Bertz CT molecular complexity index is 371. The Labute approximate surface area is 110 Å². The van der Waals surface area contributed by atoms with Crippen LogP contribution in [0.25, 0.3) is 0 Å².